The third-order valence-corrected chi connectivity index (χ3v) is 3.53. The minimum absolute atomic E-state index is 0.0332. The maximum atomic E-state index is 14.2. The van der Waals surface area contributed by atoms with E-state index in [-0.39, 0.29) is 11.9 Å². The van der Waals surface area contributed by atoms with Gasteiger partial charge < -0.3 is 10.1 Å². The summed E-state index contributed by atoms with van der Waals surface area (Å²) in [5, 5.41) is 3.29. The summed E-state index contributed by atoms with van der Waals surface area (Å²) in [6, 6.07) is 11.0. The molecule has 0 heterocycles. The molecule has 0 spiro atoms. The van der Waals surface area contributed by atoms with Crippen LogP contribution in [-0.4, -0.2) is 6.54 Å². The molecule has 1 atom stereocenters. The van der Waals surface area contributed by atoms with Gasteiger partial charge in [-0.2, -0.15) is 0 Å². The van der Waals surface area contributed by atoms with Crippen LogP contribution in [0.1, 0.15) is 36.6 Å². The lowest BCUT2D eigenvalue weighted by atomic mass is 10.1. The number of hydrogen-bond acceptors (Lipinski definition) is 2. The molecule has 0 aliphatic carbocycles. The van der Waals surface area contributed by atoms with E-state index in [1.165, 1.54) is 6.07 Å². The first-order valence-corrected chi connectivity index (χ1v) is 7.29. The zero-order valence-corrected chi connectivity index (χ0v) is 13.0. The van der Waals surface area contributed by atoms with Crippen LogP contribution < -0.4 is 10.1 Å². The zero-order valence-electron chi connectivity index (χ0n) is 13.0. The summed E-state index contributed by atoms with van der Waals surface area (Å²) >= 11 is 0. The lowest BCUT2D eigenvalue weighted by Crippen LogP contribution is -2.18. The number of para-hydroxylation sites is 1. The summed E-state index contributed by atoms with van der Waals surface area (Å²) in [5.74, 6) is 0.669. The third-order valence-electron chi connectivity index (χ3n) is 3.53. The fourth-order valence-corrected chi connectivity index (χ4v) is 2.32. The van der Waals surface area contributed by atoms with Gasteiger partial charge in [-0.25, -0.2) is 4.39 Å². The van der Waals surface area contributed by atoms with Gasteiger partial charge in [-0.05, 0) is 50.6 Å². The first-order chi connectivity index (χ1) is 10.0. The molecule has 0 bridgehead atoms. The van der Waals surface area contributed by atoms with Crippen molar-refractivity contribution in [3.05, 3.63) is 58.9 Å². The van der Waals surface area contributed by atoms with Gasteiger partial charge in [-0.1, -0.05) is 31.2 Å². The molecule has 1 N–H and O–H groups in total. The molecule has 2 rings (SSSR count). The maximum absolute atomic E-state index is 14.2. The number of nitrogens with one attached hydrogen (secondary N) is 1. The number of hydrogen-bond donors (Lipinski definition) is 1. The van der Waals surface area contributed by atoms with E-state index in [1.54, 1.807) is 6.07 Å². The van der Waals surface area contributed by atoms with Crippen molar-refractivity contribution in [2.45, 2.75) is 33.7 Å². The molecule has 0 radical (unpaired) electrons. The van der Waals surface area contributed by atoms with E-state index in [4.69, 9.17) is 4.74 Å². The quantitative estimate of drug-likeness (QED) is 0.844. The zero-order chi connectivity index (χ0) is 15.4. The molecule has 2 nitrogen and oxygen atoms in total. The predicted octanol–water partition coefficient (Wildman–Crippen LogP) is 4.91. The van der Waals surface area contributed by atoms with E-state index in [0.717, 1.165) is 23.2 Å². The summed E-state index contributed by atoms with van der Waals surface area (Å²) in [6.07, 6.45) is 0. The SMILES string of the molecule is CCNC(C)c1cccc(F)c1Oc1cc(C)ccc1C. The van der Waals surface area contributed by atoms with Gasteiger partial charge in [-0.15, -0.1) is 0 Å². The van der Waals surface area contributed by atoms with Gasteiger partial charge in [0.05, 0.1) is 0 Å². The van der Waals surface area contributed by atoms with Gasteiger partial charge in [0.15, 0.2) is 11.6 Å². The second kappa shape index (κ2) is 6.72. The van der Waals surface area contributed by atoms with E-state index in [1.807, 2.05) is 52.0 Å². The van der Waals surface area contributed by atoms with Gasteiger partial charge in [-0.3, -0.25) is 0 Å². The Hall–Kier alpha value is -1.87. The summed E-state index contributed by atoms with van der Waals surface area (Å²) in [4.78, 5) is 0. The number of benzene rings is 2. The van der Waals surface area contributed by atoms with Crippen molar-refractivity contribution in [1.29, 1.82) is 0 Å². The molecule has 3 heteroatoms. The Morgan fingerprint density at radius 2 is 1.95 bits per heavy atom. The van der Waals surface area contributed by atoms with Crippen LogP contribution in [0.15, 0.2) is 36.4 Å². The van der Waals surface area contributed by atoms with Crippen molar-refractivity contribution < 1.29 is 9.13 Å². The second-order valence-electron chi connectivity index (χ2n) is 5.31. The molecule has 0 aliphatic heterocycles. The van der Waals surface area contributed by atoms with E-state index < -0.39 is 0 Å². The normalized spacial score (nSPS) is 12.2. The van der Waals surface area contributed by atoms with Gasteiger partial charge >= 0.3 is 0 Å². The number of halogens is 1. The molecular formula is C18H22FNO. The average molecular weight is 287 g/mol. The second-order valence-corrected chi connectivity index (χ2v) is 5.31. The highest BCUT2D eigenvalue weighted by Crippen LogP contribution is 2.34. The summed E-state index contributed by atoms with van der Waals surface area (Å²) in [5.41, 5.74) is 2.91. The van der Waals surface area contributed by atoms with Crippen molar-refractivity contribution in [2.24, 2.45) is 0 Å². The number of aryl methyl sites for hydroxylation is 2. The fraction of sp³-hybridized carbons (Fsp3) is 0.333. The minimum atomic E-state index is -0.335. The largest absolute Gasteiger partial charge is 0.454 e. The average Bonchev–Trinajstić information content (AvgIpc) is 2.45. The Morgan fingerprint density at radius 3 is 2.67 bits per heavy atom. The molecular weight excluding hydrogens is 265 g/mol. The smallest absolute Gasteiger partial charge is 0.167 e. The van der Waals surface area contributed by atoms with Crippen LogP contribution in [0.4, 0.5) is 4.39 Å². The molecule has 2 aromatic carbocycles. The Labute approximate surface area is 126 Å². The van der Waals surface area contributed by atoms with Crippen LogP contribution in [0.5, 0.6) is 11.5 Å². The van der Waals surface area contributed by atoms with Gasteiger partial charge in [0, 0.05) is 11.6 Å². The minimum Gasteiger partial charge on any atom is -0.454 e. The van der Waals surface area contributed by atoms with E-state index in [9.17, 15) is 4.39 Å². The van der Waals surface area contributed by atoms with Crippen LogP contribution in [0, 0.1) is 19.7 Å². The Balaban J connectivity index is 2.41. The molecule has 1 unspecified atom stereocenters. The molecule has 0 amide bonds. The highest BCUT2D eigenvalue weighted by Gasteiger charge is 2.16. The molecule has 2 aromatic rings. The first-order valence-electron chi connectivity index (χ1n) is 7.29. The maximum Gasteiger partial charge on any atom is 0.167 e. The highest BCUT2D eigenvalue weighted by atomic mass is 19.1. The van der Waals surface area contributed by atoms with Crippen LogP contribution in [0.2, 0.25) is 0 Å². The van der Waals surface area contributed by atoms with E-state index in [0.29, 0.717) is 11.5 Å². The summed E-state index contributed by atoms with van der Waals surface area (Å²) < 4.78 is 20.1. The molecule has 0 saturated heterocycles. The summed E-state index contributed by atoms with van der Waals surface area (Å²) in [7, 11) is 0. The number of ether oxygens (including phenoxy) is 1. The standard InChI is InChI=1S/C18H22FNO/c1-5-20-14(4)15-7-6-8-16(19)18(15)21-17-11-12(2)9-10-13(17)3/h6-11,14,20H,5H2,1-4H3. The van der Waals surface area contributed by atoms with Crippen LogP contribution >= 0.6 is 0 Å². The molecule has 0 aromatic heterocycles. The van der Waals surface area contributed by atoms with Crippen molar-refractivity contribution in [2.75, 3.05) is 6.54 Å². The molecule has 112 valence electrons. The fourth-order valence-electron chi connectivity index (χ4n) is 2.32. The Bertz CT molecular complexity index is 625. The van der Waals surface area contributed by atoms with Crippen molar-refractivity contribution in [3.63, 3.8) is 0 Å². The van der Waals surface area contributed by atoms with Crippen molar-refractivity contribution >= 4 is 0 Å². The van der Waals surface area contributed by atoms with Crippen LogP contribution in [0.25, 0.3) is 0 Å². The Morgan fingerprint density at radius 1 is 1.19 bits per heavy atom. The molecule has 21 heavy (non-hydrogen) atoms. The third kappa shape index (κ3) is 3.61. The lowest BCUT2D eigenvalue weighted by Gasteiger charge is -2.19. The summed E-state index contributed by atoms with van der Waals surface area (Å²) in [6.45, 7) is 8.81. The highest BCUT2D eigenvalue weighted by molar-refractivity contribution is 5.44. The van der Waals surface area contributed by atoms with Gasteiger partial charge in [0.2, 0.25) is 0 Å². The Kier molecular flexibility index (Phi) is 4.97. The molecule has 0 saturated carbocycles. The van der Waals surface area contributed by atoms with E-state index >= 15 is 0 Å². The predicted molar refractivity (Wildman–Crippen MR) is 84.5 cm³/mol. The van der Waals surface area contributed by atoms with E-state index in [2.05, 4.69) is 5.32 Å². The molecule has 0 fully saturated rings. The van der Waals surface area contributed by atoms with Crippen molar-refractivity contribution in [3.8, 4) is 11.5 Å². The van der Waals surface area contributed by atoms with Gasteiger partial charge in [0.25, 0.3) is 0 Å². The van der Waals surface area contributed by atoms with Crippen molar-refractivity contribution in [1.82, 2.24) is 5.32 Å². The van der Waals surface area contributed by atoms with Crippen LogP contribution in [0.3, 0.4) is 0 Å². The van der Waals surface area contributed by atoms with Gasteiger partial charge in [0.1, 0.15) is 5.75 Å². The molecule has 0 aliphatic rings. The van der Waals surface area contributed by atoms with Crippen LogP contribution in [-0.2, 0) is 0 Å². The topological polar surface area (TPSA) is 21.3 Å². The first kappa shape index (κ1) is 15.5. The number of rotatable bonds is 5. The monoisotopic (exact) mass is 287 g/mol. The lowest BCUT2D eigenvalue weighted by molar-refractivity contribution is 0.424.